The zero-order valence-electron chi connectivity index (χ0n) is 17.3. The summed E-state index contributed by atoms with van der Waals surface area (Å²) >= 11 is 1.35. The van der Waals surface area contributed by atoms with Crippen molar-refractivity contribution >= 4 is 22.3 Å². The van der Waals surface area contributed by atoms with Crippen LogP contribution in [-0.2, 0) is 28.0 Å². The van der Waals surface area contributed by atoms with Gasteiger partial charge in [-0.2, -0.15) is 9.61 Å². The van der Waals surface area contributed by atoms with E-state index < -0.39 is 12.1 Å². The molecule has 0 aliphatic carbocycles. The number of fused-ring (bicyclic) bond motifs is 1. The van der Waals surface area contributed by atoms with Crippen molar-refractivity contribution in [2.45, 2.75) is 59.2 Å². The number of rotatable bonds is 6. The third-order valence-electron chi connectivity index (χ3n) is 4.37. The molecule has 0 saturated heterocycles. The number of esters is 1. The summed E-state index contributed by atoms with van der Waals surface area (Å²) in [5, 5.41) is 5.02. The van der Waals surface area contributed by atoms with Gasteiger partial charge < -0.3 is 9.47 Å². The molecule has 1 atom stereocenters. The van der Waals surface area contributed by atoms with E-state index in [-0.39, 0.29) is 17.6 Å². The van der Waals surface area contributed by atoms with Gasteiger partial charge in [0, 0.05) is 6.07 Å². The first kappa shape index (κ1) is 21.0. The Morgan fingerprint density at radius 2 is 1.93 bits per heavy atom. The molecule has 0 aliphatic rings. The van der Waals surface area contributed by atoms with Gasteiger partial charge >= 0.3 is 5.97 Å². The molecule has 0 saturated carbocycles. The molecule has 0 aliphatic heterocycles. The van der Waals surface area contributed by atoms with Crippen molar-refractivity contribution < 1.29 is 14.3 Å². The fourth-order valence-corrected chi connectivity index (χ4v) is 3.52. The second kappa shape index (κ2) is 8.32. The van der Waals surface area contributed by atoms with E-state index in [1.54, 1.807) is 6.92 Å². The maximum atomic E-state index is 12.3. The van der Waals surface area contributed by atoms with Crippen molar-refractivity contribution in [3.8, 4) is 5.75 Å². The predicted octanol–water partition coefficient (Wildman–Crippen LogP) is 3.52. The minimum absolute atomic E-state index is 0.0475. The van der Waals surface area contributed by atoms with Crippen LogP contribution in [0.5, 0.6) is 5.75 Å². The van der Waals surface area contributed by atoms with Crippen LogP contribution in [0.25, 0.3) is 4.96 Å². The van der Waals surface area contributed by atoms with Crippen LogP contribution >= 0.6 is 11.3 Å². The molecule has 154 valence electrons. The Kier molecular flexibility index (Phi) is 6.02. The van der Waals surface area contributed by atoms with Gasteiger partial charge in [-0.05, 0) is 36.5 Å². The van der Waals surface area contributed by atoms with Gasteiger partial charge in [0.1, 0.15) is 17.4 Å². The molecule has 0 fully saturated rings. The van der Waals surface area contributed by atoms with Crippen LogP contribution in [-0.4, -0.2) is 26.7 Å². The second-order valence-corrected chi connectivity index (χ2v) is 8.81. The minimum atomic E-state index is -0.782. The molecule has 7 nitrogen and oxygen atoms in total. The summed E-state index contributed by atoms with van der Waals surface area (Å²) in [5.74, 6) is 0.0717. The van der Waals surface area contributed by atoms with Gasteiger partial charge in [0.15, 0.2) is 6.10 Å². The third-order valence-corrected chi connectivity index (χ3v) is 5.42. The van der Waals surface area contributed by atoms with Crippen LogP contribution in [0.4, 0.5) is 0 Å². The van der Waals surface area contributed by atoms with Crippen LogP contribution in [0.15, 0.2) is 35.1 Å². The predicted molar refractivity (Wildman–Crippen MR) is 112 cm³/mol. The highest BCUT2D eigenvalue weighted by atomic mass is 32.1. The monoisotopic (exact) mass is 415 g/mol. The molecule has 8 heteroatoms. The summed E-state index contributed by atoms with van der Waals surface area (Å²) in [6.07, 6.45) is -0.0565. The summed E-state index contributed by atoms with van der Waals surface area (Å²) in [6.45, 7) is 9.90. The number of hydrogen-bond acceptors (Lipinski definition) is 7. The summed E-state index contributed by atoms with van der Waals surface area (Å²) in [6, 6.07) is 8.99. The molecular formula is C21H25N3O4S. The summed E-state index contributed by atoms with van der Waals surface area (Å²) in [5.41, 5.74) is 1.32. The van der Waals surface area contributed by atoms with Crippen molar-refractivity contribution in [1.29, 1.82) is 0 Å². The number of aryl methyl sites for hydroxylation is 1. The van der Waals surface area contributed by atoms with Crippen LogP contribution in [0.1, 0.15) is 50.9 Å². The fourth-order valence-electron chi connectivity index (χ4n) is 2.66. The summed E-state index contributed by atoms with van der Waals surface area (Å²) < 4.78 is 12.2. The Morgan fingerprint density at radius 3 is 2.55 bits per heavy atom. The van der Waals surface area contributed by atoms with Crippen molar-refractivity contribution in [3.05, 3.63) is 57.0 Å². The van der Waals surface area contributed by atoms with E-state index in [1.807, 2.05) is 31.2 Å². The Bertz CT molecular complexity index is 1060. The summed E-state index contributed by atoms with van der Waals surface area (Å²) in [7, 11) is 0. The van der Waals surface area contributed by atoms with Crippen LogP contribution in [0.3, 0.4) is 0 Å². The zero-order valence-corrected chi connectivity index (χ0v) is 18.1. The van der Waals surface area contributed by atoms with Gasteiger partial charge in [0.2, 0.25) is 4.96 Å². The van der Waals surface area contributed by atoms with E-state index >= 15 is 0 Å². The molecule has 3 rings (SSSR count). The lowest BCUT2D eigenvalue weighted by Gasteiger charge is -2.20. The normalized spacial score (nSPS) is 12.7. The molecule has 29 heavy (non-hydrogen) atoms. The molecule has 0 N–H and O–H groups in total. The third kappa shape index (κ3) is 5.00. The van der Waals surface area contributed by atoms with Crippen molar-refractivity contribution in [1.82, 2.24) is 14.6 Å². The van der Waals surface area contributed by atoms with Gasteiger partial charge in [-0.1, -0.05) is 51.2 Å². The van der Waals surface area contributed by atoms with Crippen LogP contribution < -0.4 is 10.3 Å². The Labute approximate surface area is 173 Å². The molecule has 0 amide bonds. The highest BCUT2D eigenvalue weighted by Crippen LogP contribution is 2.24. The van der Waals surface area contributed by atoms with Crippen molar-refractivity contribution in [3.63, 3.8) is 0 Å². The van der Waals surface area contributed by atoms with E-state index in [1.165, 1.54) is 27.5 Å². The number of aromatic nitrogens is 3. The number of benzene rings is 1. The van der Waals surface area contributed by atoms with Crippen molar-refractivity contribution in [2.24, 2.45) is 0 Å². The lowest BCUT2D eigenvalue weighted by atomic mass is 9.87. The topological polar surface area (TPSA) is 82.8 Å². The molecule has 2 heterocycles. The van der Waals surface area contributed by atoms with E-state index in [9.17, 15) is 9.59 Å². The van der Waals surface area contributed by atoms with E-state index in [0.29, 0.717) is 16.4 Å². The van der Waals surface area contributed by atoms with Gasteiger partial charge in [-0.3, -0.25) is 4.79 Å². The van der Waals surface area contributed by atoms with Gasteiger partial charge in [-0.25, -0.2) is 9.78 Å². The standard InChI is InChI=1S/C21H25N3O4S/c1-6-17-23-24-18(25)11-15(22-20(24)29-17)12-27-19(26)13(2)28-16-9-7-14(8-10-16)21(3,4)5/h7-11,13H,6,12H2,1-5H3. The molecule has 1 unspecified atom stereocenters. The molecule has 0 spiro atoms. The molecule has 0 radical (unpaired) electrons. The first-order valence-corrected chi connectivity index (χ1v) is 10.3. The van der Waals surface area contributed by atoms with Gasteiger partial charge in [-0.15, -0.1) is 0 Å². The lowest BCUT2D eigenvalue weighted by Crippen LogP contribution is -2.26. The molecular weight excluding hydrogens is 390 g/mol. The van der Waals surface area contributed by atoms with Gasteiger partial charge in [0.05, 0.1) is 5.69 Å². The Hall–Kier alpha value is -2.74. The number of hydrogen-bond donors (Lipinski definition) is 0. The van der Waals surface area contributed by atoms with E-state index in [0.717, 1.165) is 11.4 Å². The average Bonchev–Trinajstić information content (AvgIpc) is 3.09. The highest BCUT2D eigenvalue weighted by Gasteiger charge is 2.18. The summed E-state index contributed by atoms with van der Waals surface area (Å²) in [4.78, 5) is 29.3. The lowest BCUT2D eigenvalue weighted by molar-refractivity contribution is -0.152. The first-order valence-electron chi connectivity index (χ1n) is 9.50. The largest absolute Gasteiger partial charge is 0.479 e. The molecule has 0 bridgehead atoms. The Balaban J connectivity index is 1.61. The zero-order chi connectivity index (χ0) is 21.2. The Morgan fingerprint density at radius 1 is 1.24 bits per heavy atom. The van der Waals surface area contributed by atoms with E-state index in [4.69, 9.17) is 9.47 Å². The van der Waals surface area contributed by atoms with Crippen LogP contribution in [0.2, 0.25) is 0 Å². The number of nitrogens with zero attached hydrogens (tertiary/aromatic N) is 3. The average molecular weight is 416 g/mol. The molecule has 3 aromatic rings. The molecule has 2 aromatic heterocycles. The second-order valence-electron chi connectivity index (χ2n) is 7.77. The van der Waals surface area contributed by atoms with E-state index in [2.05, 4.69) is 30.9 Å². The number of carbonyl (C=O) groups is 1. The maximum Gasteiger partial charge on any atom is 0.347 e. The quantitative estimate of drug-likeness (QED) is 0.573. The van der Waals surface area contributed by atoms with Crippen LogP contribution in [0, 0.1) is 0 Å². The van der Waals surface area contributed by atoms with Crippen molar-refractivity contribution in [2.75, 3.05) is 0 Å². The molecule has 1 aromatic carbocycles. The fraction of sp³-hybridized carbons (Fsp3) is 0.429. The van der Waals surface area contributed by atoms with Gasteiger partial charge in [0.25, 0.3) is 5.56 Å². The minimum Gasteiger partial charge on any atom is -0.479 e. The highest BCUT2D eigenvalue weighted by molar-refractivity contribution is 7.16. The number of carbonyl (C=O) groups excluding carboxylic acids is 1. The first-order chi connectivity index (χ1) is 13.7. The maximum absolute atomic E-state index is 12.3. The SMILES string of the molecule is CCc1nn2c(=O)cc(COC(=O)C(C)Oc3ccc(C(C)(C)C)cc3)nc2s1. The number of ether oxygens (including phenoxy) is 2. The smallest absolute Gasteiger partial charge is 0.347 e.